The molecule has 2 fully saturated rings. The van der Waals surface area contributed by atoms with Crippen LogP contribution >= 0.6 is 0 Å². The van der Waals surface area contributed by atoms with Crippen molar-refractivity contribution in [3.63, 3.8) is 0 Å². The molecule has 1 aliphatic heterocycles. The van der Waals surface area contributed by atoms with E-state index in [-0.39, 0.29) is 11.7 Å². The van der Waals surface area contributed by atoms with Crippen molar-refractivity contribution < 1.29 is 14.3 Å². The lowest BCUT2D eigenvalue weighted by Crippen LogP contribution is -2.25. The van der Waals surface area contributed by atoms with E-state index in [9.17, 15) is 4.79 Å². The van der Waals surface area contributed by atoms with Crippen molar-refractivity contribution in [1.29, 1.82) is 0 Å². The lowest BCUT2D eigenvalue weighted by Gasteiger charge is -2.22. The number of rotatable bonds is 4. The number of Topliss-reactive ketones (excluding diaryl/α,β-unsaturated/α-hetero) is 1. The largest absolute Gasteiger partial charge is 0.381 e. The smallest absolute Gasteiger partial charge is 0.163 e. The summed E-state index contributed by atoms with van der Waals surface area (Å²) in [6, 6.07) is 0. The molecule has 3 heteroatoms. The second-order valence-corrected chi connectivity index (χ2v) is 4.60. The number of hydrogen-bond acceptors (Lipinski definition) is 3. The Kier molecular flexibility index (Phi) is 4.15. The van der Waals surface area contributed by atoms with E-state index < -0.39 is 0 Å². The summed E-state index contributed by atoms with van der Waals surface area (Å²) in [5.41, 5.74) is 0. The first-order valence-corrected chi connectivity index (χ1v) is 6.08. The highest BCUT2D eigenvalue weighted by Gasteiger charge is 2.24. The van der Waals surface area contributed by atoms with Gasteiger partial charge in [-0.25, -0.2) is 0 Å². The highest BCUT2D eigenvalue weighted by atomic mass is 16.5. The molecular weight excluding hydrogens is 192 g/mol. The van der Waals surface area contributed by atoms with Gasteiger partial charge in [0.25, 0.3) is 0 Å². The zero-order valence-corrected chi connectivity index (χ0v) is 9.24. The normalized spacial score (nSPS) is 28.1. The van der Waals surface area contributed by atoms with E-state index in [4.69, 9.17) is 9.47 Å². The van der Waals surface area contributed by atoms with Gasteiger partial charge < -0.3 is 9.47 Å². The maximum absolute atomic E-state index is 11.7. The van der Waals surface area contributed by atoms with E-state index >= 15 is 0 Å². The minimum absolute atomic E-state index is 0.105. The number of hydrogen-bond donors (Lipinski definition) is 0. The highest BCUT2D eigenvalue weighted by molar-refractivity contribution is 5.82. The van der Waals surface area contributed by atoms with Crippen molar-refractivity contribution in [2.75, 3.05) is 19.8 Å². The molecule has 1 saturated heterocycles. The minimum Gasteiger partial charge on any atom is -0.381 e. The Hall–Kier alpha value is -0.410. The Labute approximate surface area is 91.1 Å². The van der Waals surface area contributed by atoms with Gasteiger partial charge in [-0.3, -0.25) is 4.79 Å². The van der Waals surface area contributed by atoms with Gasteiger partial charge in [-0.15, -0.1) is 0 Å². The predicted molar refractivity (Wildman–Crippen MR) is 56.8 cm³/mol. The summed E-state index contributed by atoms with van der Waals surface area (Å²) in [7, 11) is 0. The van der Waals surface area contributed by atoms with Crippen LogP contribution in [0.15, 0.2) is 0 Å². The molecule has 86 valence electrons. The van der Waals surface area contributed by atoms with Crippen LogP contribution in [-0.4, -0.2) is 31.7 Å². The zero-order chi connectivity index (χ0) is 10.5. The molecule has 0 radical (unpaired) electrons. The Morgan fingerprint density at radius 2 is 2.00 bits per heavy atom. The molecule has 1 atom stereocenters. The van der Waals surface area contributed by atoms with Gasteiger partial charge in [0.1, 0.15) is 6.61 Å². The molecule has 2 rings (SSSR count). The summed E-state index contributed by atoms with van der Waals surface area (Å²) >= 11 is 0. The van der Waals surface area contributed by atoms with E-state index in [0.29, 0.717) is 19.3 Å². The fourth-order valence-corrected chi connectivity index (χ4v) is 2.34. The van der Waals surface area contributed by atoms with Crippen LogP contribution in [0.1, 0.15) is 38.5 Å². The van der Waals surface area contributed by atoms with Gasteiger partial charge >= 0.3 is 0 Å². The van der Waals surface area contributed by atoms with E-state index in [0.717, 1.165) is 25.9 Å². The number of ketones is 1. The van der Waals surface area contributed by atoms with Crippen LogP contribution in [0.2, 0.25) is 0 Å². The molecule has 0 aromatic heterocycles. The van der Waals surface area contributed by atoms with Crippen molar-refractivity contribution in [2.24, 2.45) is 5.92 Å². The molecule has 15 heavy (non-hydrogen) atoms. The monoisotopic (exact) mass is 212 g/mol. The summed E-state index contributed by atoms with van der Waals surface area (Å²) in [5.74, 6) is 0.340. The quantitative estimate of drug-likeness (QED) is 0.714. The number of carbonyl (C=O) groups is 1. The molecule has 1 heterocycles. The maximum atomic E-state index is 11.7. The predicted octanol–water partition coefficient (Wildman–Crippen LogP) is 1.94. The SMILES string of the molecule is O=C(COC1CCCCC1)C1CCOC1. The summed E-state index contributed by atoms with van der Waals surface area (Å²) in [6.07, 6.45) is 7.32. The second kappa shape index (κ2) is 5.61. The Bertz CT molecular complexity index is 203. The second-order valence-electron chi connectivity index (χ2n) is 4.60. The molecule has 3 nitrogen and oxygen atoms in total. The summed E-state index contributed by atoms with van der Waals surface area (Å²) in [5, 5.41) is 0. The lowest BCUT2D eigenvalue weighted by atomic mass is 9.97. The van der Waals surface area contributed by atoms with Crippen molar-refractivity contribution >= 4 is 5.78 Å². The third-order valence-corrected chi connectivity index (χ3v) is 3.40. The van der Waals surface area contributed by atoms with Crippen LogP contribution in [0.4, 0.5) is 0 Å². The van der Waals surface area contributed by atoms with Gasteiger partial charge in [-0.2, -0.15) is 0 Å². The number of ether oxygens (including phenoxy) is 2. The van der Waals surface area contributed by atoms with E-state index in [2.05, 4.69) is 0 Å². The van der Waals surface area contributed by atoms with Crippen molar-refractivity contribution in [1.82, 2.24) is 0 Å². The molecule has 1 aliphatic carbocycles. The molecule has 1 saturated carbocycles. The first-order valence-electron chi connectivity index (χ1n) is 6.08. The van der Waals surface area contributed by atoms with E-state index in [1.165, 1.54) is 19.3 Å². The van der Waals surface area contributed by atoms with Gasteiger partial charge in [0.05, 0.1) is 12.7 Å². The highest BCUT2D eigenvalue weighted by Crippen LogP contribution is 2.21. The molecule has 0 aromatic rings. The van der Waals surface area contributed by atoms with E-state index in [1.54, 1.807) is 0 Å². The Morgan fingerprint density at radius 3 is 2.67 bits per heavy atom. The topological polar surface area (TPSA) is 35.5 Å². The third kappa shape index (κ3) is 3.28. The third-order valence-electron chi connectivity index (χ3n) is 3.40. The van der Waals surface area contributed by atoms with Crippen LogP contribution in [0.5, 0.6) is 0 Å². The van der Waals surface area contributed by atoms with Gasteiger partial charge in [0, 0.05) is 12.5 Å². The first kappa shape index (κ1) is 11.1. The van der Waals surface area contributed by atoms with Gasteiger partial charge in [-0.1, -0.05) is 19.3 Å². The summed E-state index contributed by atoms with van der Waals surface area (Å²) in [6.45, 7) is 1.64. The summed E-state index contributed by atoms with van der Waals surface area (Å²) < 4.78 is 10.8. The zero-order valence-electron chi connectivity index (χ0n) is 9.24. The minimum atomic E-state index is 0.105. The molecule has 2 aliphatic rings. The van der Waals surface area contributed by atoms with E-state index in [1.807, 2.05) is 0 Å². The van der Waals surface area contributed by atoms with Gasteiger partial charge in [0.2, 0.25) is 0 Å². The van der Waals surface area contributed by atoms with Crippen LogP contribution < -0.4 is 0 Å². The van der Waals surface area contributed by atoms with Gasteiger partial charge in [0.15, 0.2) is 5.78 Å². The molecule has 0 N–H and O–H groups in total. The van der Waals surface area contributed by atoms with Crippen molar-refractivity contribution in [3.8, 4) is 0 Å². The van der Waals surface area contributed by atoms with Crippen LogP contribution in [0, 0.1) is 5.92 Å². The molecule has 0 aromatic carbocycles. The molecule has 0 amide bonds. The fraction of sp³-hybridized carbons (Fsp3) is 0.917. The van der Waals surface area contributed by atoms with Crippen molar-refractivity contribution in [3.05, 3.63) is 0 Å². The average Bonchev–Trinajstić information content (AvgIpc) is 2.81. The summed E-state index contributed by atoms with van der Waals surface area (Å²) in [4.78, 5) is 11.7. The van der Waals surface area contributed by atoms with Crippen molar-refractivity contribution in [2.45, 2.75) is 44.6 Å². The molecule has 1 unspecified atom stereocenters. The molecule has 0 bridgehead atoms. The lowest BCUT2D eigenvalue weighted by molar-refractivity contribution is -0.130. The number of carbonyl (C=O) groups excluding carboxylic acids is 1. The van der Waals surface area contributed by atoms with Crippen LogP contribution in [0.3, 0.4) is 0 Å². The van der Waals surface area contributed by atoms with Crippen LogP contribution in [-0.2, 0) is 14.3 Å². The fourth-order valence-electron chi connectivity index (χ4n) is 2.34. The van der Waals surface area contributed by atoms with Gasteiger partial charge in [-0.05, 0) is 19.3 Å². The van der Waals surface area contributed by atoms with Crippen LogP contribution in [0.25, 0.3) is 0 Å². The molecule has 0 spiro atoms. The maximum Gasteiger partial charge on any atom is 0.163 e. The molecular formula is C12H20O3. The average molecular weight is 212 g/mol. The first-order chi connectivity index (χ1) is 7.36. The Morgan fingerprint density at radius 1 is 1.20 bits per heavy atom. The Balaban J connectivity index is 1.65. The standard InChI is InChI=1S/C12H20O3/c13-12(10-6-7-14-8-10)9-15-11-4-2-1-3-5-11/h10-11H,1-9H2.